The summed E-state index contributed by atoms with van der Waals surface area (Å²) in [5.41, 5.74) is 3.20. The predicted octanol–water partition coefficient (Wildman–Crippen LogP) is 4.77. The fraction of sp³-hybridized carbons (Fsp3) is 0.261. The third-order valence-corrected chi connectivity index (χ3v) is 4.97. The molecule has 0 bridgehead atoms. The van der Waals surface area contributed by atoms with E-state index in [1.165, 1.54) is 5.56 Å². The molecule has 1 heterocycles. The van der Waals surface area contributed by atoms with Gasteiger partial charge in [-0.15, -0.1) is 0 Å². The molecule has 0 amide bonds. The summed E-state index contributed by atoms with van der Waals surface area (Å²) in [5.74, 6) is 2.35. The summed E-state index contributed by atoms with van der Waals surface area (Å²) in [6.45, 7) is 1.99. The summed E-state index contributed by atoms with van der Waals surface area (Å²) in [4.78, 5) is 4.31. The summed E-state index contributed by atoms with van der Waals surface area (Å²) < 4.78 is 17.7. The van der Waals surface area contributed by atoms with Crippen LogP contribution in [0, 0.1) is 0 Å². The Kier molecular flexibility index (Phi) is 7.90. The Morgan fingerprint density at radius 2 is 1.76 bits per heavy atom. The van der Waals surface area contributed by atoms with Gasteiger partial charge in [0.05, 0.1) is 19.9 Å². The first-order valence-electron chi connectivity index (χ1n) is 9.42. The standard InChI is InChI=1S/C23H25BrN2O3/c1-27-22-8-6-17(13-23(22)28-2)10-12-25-15-18-14-19(24)7-9-21(18)29-16-20-5-3-4-11-26-20/h3-9,11,13-14,25H,10,12,15-16H2,1-2H3. The molecule has 0 aliphatic carbocycles. The van der Waals surface area contributed by atoms with Gasteiger partial charge in [-0.1, -0.05) is 28.1 Å². The second-order valence-electron chi connectivity index (χ2n) is 6.48. The highest BCUT2D eigenvalue weighted by Gasteiger charge is 2.07. The summed E-state index contributed by atoms with van der Waals surface area (Å²) in [7, 11) is 3.30. The molecule has 0 radical (unpaired) electrons. The van der Waals surface area contributed by atoms with Crippen LogP contribution < -0.4 is 19.5 Å². The van der Waals surface area contributed by atoms with Gasteiger partial charge in [0, 0.05) is 22.8 Å². The Morgan fingerprint density at radius 1 is 0.931 bits per heavy atom. The van der Waals surface area contributed by atoms with Crippen LogP contribution in [0.25, 0.3) is 0 Å². The fourth-order valence-electron chi connectivity index (χ4n) is 2.95. The van der Waals surface area contributed by atoms with Gasteiger partial charge in [-0.05, 0) is 61.0 Å². The lowest BCUT2D eigenvalue weighted by molar-refractivity contribution is 0.297. The van der Waals surface area contributed by atoms with Crippen LogP contribution in [-0.2, 0) is 19.6 Å². The van der Waals surface area contributed by atoms with Crippen molar-refractivity contribution in [2.45, 2.75) is 19.6 Å². The number of benzene rings is 2. The van der Waals surface area contributed by atoms with E-state index in [1.54, 1.807) is 20.4 Å². The molecule has 1 aromatic heterocycles. The first kappa shape index (κ1) is 21.1. The van der Waals surface area contributed by atoms with Crippen molar-refractivity contribution < 1.29 is 14.2 Å². The number of aromatic nitrogens is 1. The van der Waals surface area contributed by atoms with E-state index in [9.17, 15) is 0 Å². The average Bonchev–Trinajstić information content (AvgIpc) is 2.76. The third kappa shape index (κ3) is 6.21. The first-order chi connectivity index (χ1) is 14.2. The second kappa shape index (κ2) is 10.8. The van der Waals surface area contributed by atoms with Gasteiger partial charge in [0.2, 0.25) is 0 Å². The number of pyridine rings is 1. The Labute approximate surface area is 180 Å². The smallest absolute Gasteiger partial charge is 0.160 e. The van der Waals surface area contributed by atoms with Gasteiger partial charge in [0.25, 0.3) is 0 Å². The number of halogens is 1. The first-order valence-corrected chi connectivity index (χ1v) is 10.2. The number of ether oxygens (including phenoxy) is 3. The van der Waals surface area contributed by atoms with Crippen LogP contribution in [0.2, 0.25) is 0 Å². The lowest BCUT2D eigenvalue weighted by Gasteiger charge is -2.13. The van der Waals surface area contributed by atoms with Crippen LogP contribution in [0.4, 0.5) is 0 Å². The summed E-state index contributed by atoms with van der Waals surface area (Å²) >= 11 is 3.55. The zero-order chi connectivity index (χ0) is 20.5. The molecular weight excluding hydrogens is 432 g/mol. The molecule has 29 heavy (non-hydrogen) atoms. The van der Waals surface area contributed by atoms with Crippen LogP contribution in [0.3, 0.4) is 0 Å². The van der Waals surface area contributed by atoms with Gasteiger partial charge < -0.3 is 19.5 Å². The van der Waals surface area contributed by atoms with E-state index in [-0.39, 0.29) is 0 Å². The number of methoxy groups -OCH3 is 2. The average molecular weight is 457 g/mol. The Hall–Kier alpha value is -2.57. The topological polar surface area (TPSA) is 52.6 Å². The molecule has 1 N–H and O–H groups in total. The highest BCUT2D eigenvalue weighted by molar-refractivity contribution is 9.10. The van der Waals surface area contributed by atoms with E-state index < -0.39 is 0 Å². The molecule has 0 aliphatic heterocycles. The predicted molar refractivity (Wildman–Crippen MR) is 118 cm³/mol. The molecule has 5 nitrogen and oxygen atoms in total. The van der Waals surface area contributed by atoms with Gasteiger partial charge in [0.1, 0.15) is 12.4 Å². The second-order valence-corrected chi connectivity index (χ2v) is 7.39. The molecular formula is C23H25BrN2O3. The van der Waals surface area contributed by atoms with Gasteiger partial charge in [0.15, 0.2) is 11.5 Å². The van der Waals surface area contributed by atoms with Crippen molar-refractivity contribution in [2.24, 2.45) is 0 Å². The maximum atomic E-state index is 6.00. The molecule has 0 atom stereocenters. The summed E-state index contributed by atoms with van der Waals surface area (Å²) in [6, 6.07) is 17.9. The van der Waals surface area contributed by atoms with E-state index in [0.29, 0.717) is 13.2 Å². The molecule has 152 valence electrons. The molecule has 6 heteroatoms. The summed E-state index contributed by atoms with van der Waals surface area (Å²) in [5, 5.41) is 3.49. The normalized spacial score (nSPS) is 10.6. The van der Waals surface area contributed by atoms with Gasteiger partial charge >= 0.3 is 0 Å². The van der Waals surface area contributed by atoms with Crippen molar-refractivity contribution in [1.29, 1.82) is 0 Å². The molecule has 3 aromatic rings. The lowest BCUT2D eigenvalue weighted by Crippen LogP contribution is -2.17. The molecule has 0 aliphatic rings. The Bertz CT molecular complexity index is 919. The zero-order valence-corrected chi connectivity index (χ0v) is 18.2. The minimum absolute atomic E-state index is 0.446. The minimum atomic E-state index is 0.446. The quantitative estimate of drug-likeness (QED) is 0.445. The number of rotatable bonds is 10. The van der Waals surface area contributed by atoms with Gasteiger partial charge in [-0.3, -0.25) is 4.98 Å². The van der Waals surface area contributed by atoms with E-state index >= 15 is 0 Å². The number of nitrogens with one attached hydrogen (secondary N) is 1. The largest absolute Gasteiger partial charge is 0.493 e. The van der Waals surface area contributed by atoms with Crippen molar-refractivity contribution in [2.75, 3.05) is 20.8 Å². The van der Waals surface area contributed by atoms with Gasteiger partial charge in [-0.2, -0.15) is 0 Å². The van der Waals surface area contributed by atoms with Crippen LogP contribution in [0.5, 0.6) is 17.2 Å². The van der Waals surface area contributed by atoms with Crippen LogP contribution in [0.1, 0.15) is 16.8 Å². The van der Waals surface area contributed by atoms with E-state index in [0.717, 1.165) is 45.9 Å². The maximum absolute atomic E-state index is 6.00. The minimum Gasteiger partial charge on any atom is -0.493 e. The lowest BCUT2D eigenvalue weighted by atomic mass is 10.1. The van der Waals surface area contributed by atoms with Crippen molar-refractivity contribution in [3.8, 4) is 17.2 Å². The van der Waals surface area contributed by atoms with Gasteiger partial charge in [-0.25, -0.2) is 0 Å². The zero-order valence-electron chi connectivity index (χ0n) is 16.7. The summed E-state index contributed by atoms with van der Waals surface area (Å²) in [6.07, 6.45) is 2.66. The fourth-order valence-corrected chi connectivity index (χ4v) is 3.36. The number of nitrogens with zero attached hydrogens (tertiary/aromatic N) is 1. The van der Waals surface area contributed by atoms with Crippen LogP contribution in [0.15, 0.2) is 65.3 Å². The highest BCUT2D eigenvalue weighted by atomic mass is 79.9. The van der Waals surface area contributed by atoms with Crippen LogP contribution >= 0.6 is 15.9 Å². The molecule has 0 saturated heterocycles. The third-order valence-electron chi connectivity index (χ3n) is 4.48. The van der Waals surface area contributed by atoms with Crippen molar-refractivity contribution in [1.82, 2.24) is 10.3 Å². The van der Waals surface area contributed by atoms with E-state index in [4.69, 9.17) is 14.2 Å². The van der Waals surface area contributed by atoms with Crippen LogP contribution in [-0.4, -0.2) is 25.7 Å². The molecule has 0 fully saturated rings. The molecule has 0 spiro atoms. The molecule has 3 rings (SSSR count). The maximum Gasteiger partial charge on any atom is 0.160 e. The number of hydrogen-bond donors (Lipinski definition) is 1. The highest BCUT2D eigenvalue weighted by Crippen LogP contribution is 2.28. The SMILES string of the molecule is COc1ccc(CCNCc2cc(Br)ccc2OCc2ccccn2)cc1OC. The van der Waals surface area contributed by atoms with E-state index in [1.807, 2.05) is 42.5 Å². The number of hydrogen-bond acceptors (Lipinski definition) is 5. The van der Waals surface area contributed by atoms with Crippen molar-refractivity contribution in [3.05, 3.63) is 82.1 Å². The monoisotopic (exact) mass is 456 g/mol. The molecule has 2 aromatic carbocycles. The van der Waals surface area contributed by atoms with Crippen molar-refractivity contribution in [3.63, 3.8) is 0 Å². The van der Waals surface area contributed by atoms with E-state index in [2.05, 4.69) is 38.4 Å². The Morgan fingerprint density at radius 3 is 2.52 bits per heavy atom. The molecule has 0 saturated carbocycles. The Balaban J connectivity index is 1.55. The molecule has 0 unspecified atom stereocenters. The van der Waals surface area contributed by atoms with Crippen molar-refractivity contribution >= 4 is 15.9 Å².